The van der Waals surface area contributed by atoms with Gasteiger partial charge < -0.3 is 0 Å². The molecule has 0 aliphatic carbocycles. The average molecular weight is 358 g/mol. The number of carbonyl (C=O) groups is 1. The third kappa shape index (κ3) is 3.97. The third-order valence-electron chi connectivity index (χ3n) is 3.53. The summed E-state index contributed by atoms with van der Waals surface area (Å²) >= 11 is 0. The molecule has 2 aromatic carbocycles. The lowest BCUT2D eigenvalue weighted by molar-refractivity contribution is -0.137. The molecule has 0 radical (unpaired) electrons. The molecule has 0 aliphatic heterocycles. The van der Waals surface area contributed by atoms with E-state index in [2.05, 4.69) is 20.7 Å². The van der Waals surface area contributed by atoms with Crippen LogP contribution in [0.5, 0.6) is 0 Å². The van der Waals surface area contributed by atoms with Crippen molar-refractivity contribution in [2.75, 3.05) is 0 Å². The van der Waals surface area contributed by atoms with E-state index >= 15 is 0 Å². The van der Waals surface area contributed by atoms with Crippen molar-refractivity contribution in [2.24, 2.45) is 5.10 Å². The molecule has 0 fully saturated rings. The van der Waals surface area contributed by atoms with Crippen molar-refractivity contribution >= 4 is 12.1 Å². The lowest BCUT2D eigenvalue weighted by atomic mass is 10.1. The Kier molecular flexibility index (Phi) is 4.83. The monoisotopic (exact) mass is 358 g/mol. The molecule has 1 aromatic heterocycles. The van der Waals surface area contributed by atoms with Crippen molar-refractivity contribution in [1.82, 2.24) is 15.6 Å². The number of halogens is 3. The number of nitrogens with zero attached hydrogens (tertiary/aromatic N) is 2. The van der Waals surface area contributed by atoms with Crippen LogP contribution in [0.15, 0.2) is 65.8 Å². The van der Waals surface area contributed by atoms with Gasteiger partial charge in [-0.1, -0.05) is 48.5 Å². The lowest BCUT2D eigenvalue weighted by Gasteiger charge is -2.09. The molecule has 3 aromatic rings. The van der Waals surface area contributed by atoms with Gasteiger partial charge in [-0.3, -0.25) is 9.89 Å². The Labute approximate surface area is 146 Å². The molecule has 26 heavy (non-hydrogen) atoms. The van der Waals surface area contributed by atoms with Gasteiger partial charge in [0.05, 0.1) is 17.5 Å². The fourth-order valence-electron chi connectivity index (χ4n) is 2.28. The third-order valence-corrected chi connectivity index (χ3v) is 3.53. The van der Waals surface area contributed by atoms with Crippen LogP contribution in [0.2, 0.25) is 0 Å². The highest BCUT2D eigenvalue weighted by molar-refractivity contribution is 5.94. The molecule has 1 amide bonds. The molecular formula is C18H13F3N4O. The van der Waals surface area contributed by atoms with Gasteiger partial charge in [-0.05, 0) is 12.1 Å². The van der Waals surface area contributed by atoms with Gasteiger partial charge in [-0.25, -0.2) is 5.43 Å². The molecule has 0 atom stereocenters. The summed E-state index contributed by atoms with van der Waals surface area (Å²) < 4.78 is 38.7. The van der Waals surface area contributed by atoms with Crippen molar-refractivity contribution in [3.63, 3.8) is 0 Å². The van der Waals surface area contributed by atoms with Gasteiger partial charge in [-0.15, -0.1) is 0 Å². The number of benzene rings is 2. The van der Waals surface area contributed by atoms with E-state index in [-0.39, 0.29) is 11.3 Å². The number of aromatic amines is 1. The van der Waals surface area contributed by atoms with E-state index in [0.29, 0.717) is 5.69 Å². The van der Waals surface area contributed by atoms with Crippen LogP contribution < -0.4 is 5.43 Å². The largest absolute Gasteiger partial charge is 0.417 e. The number of H-pyrrole nitrogens is 1. The quantitative estimate of drug-likeness (QED) is 0.549. The van der Waals surface area contributed by atoms with Crippen molar-refractivity contribution < 1.29 is 18.0 Å². The van der Waals surface area contributed by atoms with Gasteiger partial charge >= 0.3 is 6.18 Å². The van der Waals surface area contributed by atoms with Crippen LogP contribution >= 0.6 is 0 Å². The Morgan fingerprint density at radius 2 is 1.77 bits per heavy atom. The second kappa shape index (κ2) is 7.22. The minimum Gasteiger partial charge on any atom is -0.272 e. The molecule has 2 N–H and O–H groups in total. The van der Waals surface area contributed by atoms with Gasteiger partial charge in [0.2, 0.25) is 0 Å². The predicted octanol–water partition coefficient (Wildman–Crippen LogP) is 3.86. The Morgan fingerprint density at radius 1 is 1.08 bits per heavy atom. The van der Waals surface area contributed by atoms with Crippen LogP contribution in [0.1, 0.15) is 21.6 Å². The zero-order valence-corrected chi connectivity index (χ0v) is 13.3. The summed E-state index contributed by atoms with van der Waals surface area (Å²) in [6.07, 6.45) is -3.55. The van der Waals surface area contributed by atoms with E-state index < -0.39 is 17.6 Å². The maximum absolute atomic E-state index is 12.9. The summed E-state index contributed by atoms with van der Waals surface area (Å²) in [6, 6.07) is 15.7. The number of alkyl halides is 3. The van der Waals surface area contributed by atoms with Gasteiger partial charge in [0.15, 0.2) is 0 Å². The van der Waals surface area contributed by atoms with Crippen LogP contribution in [-0.2, 0) is 6.18 Å². The molecular weight excluding hydrogens is 345 g/mol. The fourth-order valence-corrected chi connectivity index (χ4v) is 2.28. The van der Waals surface area contributed by atoms with Gasteiger partial charge in [0.25, 0.3) is 5.91 Å². The molecule has 3 rings (SSSR count). The molecule has 0 saturated carbocycles. The number of rotatable bonds is 4. The first-order valence-electron chi connectivity index (χ1n) is 7.55. The highest BCUT2D eigenvalue weighted by atomic mass is 19.4. The van der Waals surface area contributed by atoms with E-state index in [1.165, 1.54) is 24.3 Å². The number of carbonyl (C=O) groups excluding carboxylic acids is 1. The number of hydrogen-bond donors (Lipinski definition) is 2. The topological polar surface area (TPSA) is 70.1 Å². The van der Waals surface area contributed by atoms with E-state index in [9.17, 15) is 18.0 Å². The van der Waals surface area contributed by atoms with Crippen LogP contribution in [0.3, 0.4) is 0 Å². The second-order valence-corrected chi connectivity index (χ2v) is 5.32. The van der Waals surface area contributed by atoms with Crippen LogP contribution in [-0.4, -0.2) is 22.3 Å². The first-order valence-corrected chi connectivity index (χ1v) is 7.55. The van der Waals surface area contributed by atoms with Gasteiger partial charge in [0, 0.05) is 11.1 Å². The summed E-state index contributed by atoms with van der Waals surface area (Å²) in [7, 11) is 0. The van der Waals surface area contributed by atoms with Crippen molar-refractivity contribution in [3.05, 3.63) is 77.5 Å². The Hall–Kier alpha value is -3.42. The van der Waals surface area contributed by atoms with E-state index in [1.807, 2.05) is 30.3 Å². The molecule has 8 heteroatoms. The molecule has 0 spiro atoms. The number of aromatic nitrogens is 2. The van der Waals surface area contributed by atoms with Crippen molar-refractivity contribution in [3.8, 4) is 11.3 Å². The first-order chi connectivity index (χ1) is 12.4. The van der Waals surface area contributed by atoms with Gasteiger partial charge in [0.1, 0.15) is 5.69 Å². The Morgan fingerprint density at radius 3 is 2.50 bits per heavy atom. The molecule has 0 unspecified atom stereocenters. The van der Waals surface area contributed by atoms with Crippen LogP contribution in [0.4, 0.5) is 13.2 Å². The van der Waals surface area contributed by atoms with E-state index in [0.717, 1.165) is 17.8 Å². The van der Waals surface area contributed by atoms with Crippen molar-refractivity contribution in [2.45, 2.75) is 6.18 Å². The molecule has 1 heterocycles. The highest BCUT2D eigenvalue weighted by Gasteiger charge is 2.32. The molecule has 5 nitrogen and oxygen atoms in total. The molecule has 0 saturated heterocycles. The lowest BCUT2D eigenvalue weighted by Crippen LogP contribution is -2.18. The average Bonchev–Trinajstić information content (AvgIpc) is 3.12. The predicted molar refractivity (Wildman–Crippen MR) is 90.5 cm³/mol. The van der Waals surface area contributed by atoms with Gasteiger partial charge in [-0.2, -0.15) is 23.4 Å². The standard InChI is InChI=1S/C18H13F3N4O/c19-18(20,21)14-9-5-4-8-13(14)11-22-25-17(26)16-10-15(23-24-16)12-6-2-1-3-7-12/h1-11H,(H,23,24)(H,25,26)/b22-11+. The number of hydrazone groups is 1. The Balaban J connectivity index is 1.70. The Bertz CT molecular complexity index is 933. The zero-order valence-electron chi connectivity index (χ0n) is 13.3. The summed E-state index contributed by atoms with van der Waals surface area (Å²) in [5.74, 6) is -0.611. The van der Waals surface area contributed by atoms with Crippen molar-refractivity contribution in [1.29, 1.82) is 0 Å². The summed E-state index contributed by atoms with van der Waals surface area (Å²) in [5.41, 5.74) is 2.75. The molecule has 132 valence electrons. The normalized spacial score (nSPS) is 11.7. The zero-order chi connectivity index (χ0) is 18.6. The minimum absolute atomic E-state index is 0.144. The summed E-state index contributed by atoms with van der Waals surface area (Å²) in [6.45, 7) is 0. The fraction of sp³-hybridized carbons (Fsp3) is 0.0556. The van der Waals surface area contributed by atoms with E-state index in [4.69, 9.17) is 0 Å². The number of nitrogens with one attached hydrogen (secondary N) is 2. The number of amides is 1. The summed E-state index contributed by atoms with van der Waals surface area (Å²) in [4.78, 5) is 12.0. The second-order valence-electron chi connectivity index (χ2n) is 5.32. The molecule has 0 aliphatic rings. The summed E-state index contributed by atoms with van der Waals surface area (Å²) in [5, 5.41) is 10.2. The minimum atomic E-state index is -4.50. The number of hydrogen-bond acceptors (Lipinski definition) is 3. The smallest absolute Gasteiger partial charge is 0.272 e. The van der Waals surface area contributed by atoms with E-state index in [1.54, 1.807) is 0 Å². The highest BCUT2D eigenvalue weighted by Crippen LogP contribution is 2.31. The SMILES string of the molecule is O=C(N/N=C/c1ccccc1C(F)(F)F)c1cc(-c2ccccc2)n[nH]1. The maximum atomic E-state index is 12.9. The molecule has 0 bridgehead atoms. The van der Waals surface area contributed by atoms with Crippen LogP contribution in [0.25, 0.3) is 11.3 Å². The maximum Gasteiger partial charge on any atom is 0.417 e. The van der Waals surface area contributed by atoms with Crippen LogP contribution in [0, 0.1) is 0 Å². The first kappa shape index (κ1) is 17.4.